The third kappa shape index (κ3) is 5.62. The Balaban J connectivity index is 2.07. The number of nitrogens with one attached hydrogen (secondary N) is 1. The van der Waals surface area contributed by atoms with Crippen LogP contribution in [0, 0.1) is 0 Å². The van der Waals surface area contributed by atoms with Gasteiger partial charge >= 0.3 is 0 Å². The minimum Gasteiger partial charge on any atom is -0.492 e. The van der Waals surface area contributed by atoms with Crippen molar-refractivity contribution in [2.45, 2.75) is 0 Å². The fraction of sp³-hybridized carbons (Fsp3) is 0.455. The van der Waals surface area contributed by atoms with Gasteiger partial charge in [0, 0.05) is 25.2 Å². The van der Waals surface area contributed by atoms with Gasteiger partial charge in [-0.2, -0.15) is 0 Å². The molecule has 1 aromatic rings. The highest BCUT2D eigenvalue weighted by Crippen LogP contribution is 2.14. The Morgan fingerprint density at radius 1 is 1.13 bits per heavy atom. The number of ether oxygens (including phenoxy) is 2. The van der Waals surface area contributed by atoms with Gasteiger partial charge in [-0.15, -0.1) is 0 Å². The number of halogens is 1. The molecule has 3 nitrogen and oxygen atoms in total. The molecule has 15 heavy (non-hydrogen) atoms. The second kappa shape index (κ2) is 7.51. The van der Waals surface area contributed by atoms with Crippen molar-refractivity contribution in [3.05, 3.63) is 29.3 Å². The Kier molecular flexibility index (Phi) is 6.16. The molecule has 0 unspecified atom stereocenters. The molecule has 4 heteroatoms. The lowest BCUT2D eigenvalue weighted by Gasteiger charge is -2.07. The van der Waals surface area contributed by atoms with Crippen molar-refractivity contribution >= 4 is 11.6 Å². The smallest absolute Gasteiger partial charge is 0.119 e. The first-order valence-corrected chi connectivity index (χ1v) is 5.29. The van der Waals surface area contributed by atoms with E-state index < -0.39 is 0 Å². The van der Waals surface area contributed by atoms with Gasteiger partial charge in [0.25, 0.3) is 0 Å². The van der Waals surface area contributed by atoms with Crippen molar-refractivity contribution < 1.29 is 9.47 Å². The molecule has 0 heterocycles. The fourth-order valence-electron chi connectivity index (χ4n) is 1.07. The Morgan fingerprint density at radius 3 is 2.47 bits per heavy atom. The lowest BCUT2D eigenvalue weighted by atomic mass is 10.3. The molecule has 0 aliphatic carbocycles. The maximum atomic E-state index is 5.75. The van der Waals surface area contributed by atoms with Crippen LogP contribution in [0.4, 0.5) is 0 Å². The van der Waals surface area contributed by atoms with E-state index in [-0.39, 0.29) is 0 Å². The average Bonchev–Trinajstić information content (AvgIpc) is 2.26. The first-order valence-electron chi connectivity index (χ1n) is 4.91. The number of benzene rings is 1. The summed E-state index contributed by atoms with van der Waals surface area (Å²) in [7, 11) is 1.69. The van der Waals surface area contributed by atoms with Gasteiger partial charge in [0.15, 0.2) is 0 Å². The van der Waals surface area contributed by atoms with Crippen molar-refractivity contribution in [3.8, 4) is 5.75 Å². The van der Waals surface area contributed by atoms with E-state index in [2.05, 4.69) is 5.32 Å². The molecule has 0 spiro atoms. The molecule has 0 amide bonds. The minimum atomic E-state index is 0.644. The molecule has 0 saturated carbocycles. The molecular weight excluding hydrogens is 214 g/mol. The Morgan fingerprint density at radius 2 is 1.80 bits per heavy atom. The van der Waals surface area contributed by atoms with Crippen LogP contribution in [-0.4, -0.2) is 33.4 Å². The molecule has 1 aromatic carbocycles. The van der Waals surface area contributed by atoms with Crippen LogP contribution in [0.2, 0.25) is 5.02 Å². The summed E-state index contributed by atoms with van der Waals surface area (Å²) in [5.41, 5.74) is 0. The largest absolute Gasteiger partial charge is 0.492 e. The maximum Gasteiger partial charge on any atom is 0.119 e. The quantitative estimate of drug-likeness (QED) is 0.725. The Labute approximate surface area is 95.3 Å². The zero-order valence-corrected chi connectivity index (χ0v) is 9.59. The summed E-state index contributed by atoms with van der Waals surface area (Å²) in [6.45, 7) is 3.03. The summed E-state index contributed by atoms with van der Waals surface area (Å²) >= 11 is 5.75. The Bertz CT molecular complexity index is 264. The second-order valence-electron chi connectivity index (χ2n) is 3.05. The predicted molar refractivity (Wildman–Crippen MR) is 61.7 cm³/mol. The van der Waals surface area contributed by atoms with Crippen LogP contribution in [0.5, 0.6) is 5.75 Å². The summed E-state index contributed by atoms with van der Waals surface area (Å²) in [4.78, 5) is 0. The monoisotopic (exact) mass is 229 g/mol. The first kappa shape index (κ1) is 12.3. The molecule has 0 radical (unpaired) electrons. The van der Waals surface area contributed by atoms with Gasteiger partial charge in [-0.3, -0.25) is 0 Å². The molecule has 0 bridgehead atoms. The molecule has 84 valence electrons. The van der Waals surface area contributed by atoms with E-state index in [1.807, 2.05) is 24.3 Å². The number of hydrogen-bond acceptors (Lipinski definition) is 3. The van der Waals surface area contributed by atoms with Gasteiger partial charge < -0.3 is 14.8 Å². The minimum absolute atomic E-state index is 0.644. The number of methoxy groups -OCH3 is 1. The van der Waals surface area contributed by atoms with Gasteiger partial charge in [0.2, 0.25) is 0 Å². The van der Waals surface area contributed by atoms with E-state index in [1.165, 1.54) is 0 Å². The molecule has 0 aliphatic rings. The lowest BCUT2D eigenvalue weighted by molar-refractivity contribution is 0.197. The molecule has 0 aliphatic heterocycles. The zero-order chi connectivity index (χ0) is 10.9. The molecule has 0 fully saturated rings. The molecule has 1 rings (SSSR count). The highest BCUT2D eigenvalue weighted by Gasteiger charge is 1.93. The van der Waals surface area contributed by atoms with Gasteiger partial charge in [-0.1, -0.05) is 11.6 Å². The highest BCUT2D eigenvalue weighted by molar-refractivity contribution is 6.30. The normalized spacial score (nSPS) is 10.3. The van der Waals surface area contributed by atoms with Crippen molar-refractivity contribution in [2.75, 3.05) is 33.4 Å². The van der Waals surface area contributed by atoms with Gasteiger partial charge in [-0.05, 0) is 24.3 Å². The van der Waals surface area contributed by atoms with E-state index in [9.17, 15) is 0 Å². The van der Waals surface area contributed by atoms with E-state index in [4.69, 9.17) is 21.1 Å². The van der Waals surface area contributed by atoms with E-state index >= 15 is 0 Å². The van der Waals surface area contributed by atoms with Crippen LogP contribution in [0.1, 0.15) is 0 Å². The maximum absolute atomic E-state index is 5.75. The second-order valence-corrected chi connectivity index (χ2v) is 3.48. The molecule has 1 N–H and O–H groups in total. The summed E-state index contributed by atoms with van der Waals surface area (Å²) in [6.07, 6.45) is 0. The summed E-state index contributed by atoms with van der Waals surface area (Å²) < 4.78 is 10.4. The summed E-state index contributed by atoms with van der Waals surface area (Å²) in [6, 6.07) is 7.35. The van der Waals surface area contributed by atoms with Crippen molar-refractivity contribution in [3.63, 3.8) is 0 Å². The van der Waals surface area contributed by atoms with Gasteiger partial charge in [0.1, 0.15) is 12.4 Å². The van der Waals surface area contributed by atoms with Gasteiger partial charge in [-0.25, -0.2) is 0 Å². The lowest BCUT2D eigenvalue weighted by Crippen LogP contribution is -2.24. The van der Waals surface area contributed by atoms with E-state index in [0.717, 1.165) is 30.5 Å². The molecule has 0 atom stereocenters. The average molecular weight is 230 g/mol. The summed E-state index contributed by atoms with van der Waals surface area (Å²) in [5.74, 6) is 0.841. The number of rotatable bonds is 7. The topological polar surface area (TPSA) is 30.5 Å². The molecular formula is C11H16ClNO2. The van der Waals surface area contributed by atoms with Crippen LogP contribution >= 0.6 is 11.6 Å². The third-order valence-corrected chi connectivity index (χ3v) is 2.10. The van der Waals surface area contributed by atoms with Crippen LogP contribution in [0.25, 0.3) is 0 Å². The van der Waals surface area contributed by atoms with Crippen LogP contribution < -0.4 is 10.1 Å². The van der Waals surface area contributed by atoms with Crippen LogP contribution in [0.3, 0.4) is 0 Å². The fourth-order valence-corrected chi connectivity index (χ4v) is 1.20. The molecule has 0 saturated heterocycles. The first-order chi connectivity index (χ1) is 7.33. The van der Waals surface area contributed by atoms with Crippen molar-refractivity contribution in [2.24, 2.45) is 0 Å². The van der Waals surface area contributed by atoms with Crippen LogP contribution in [-0.2, 0) is 4.74 Å². The summed E-state index contributed by atoms with van der Waals surface area (Å²) in [5, 5.41) is 3.91. The van der Waals surface area contributed by atoms with E-state index in [0.29, 0.717) is 6.61 Å². The Hall–Kier alpha value is -0.770. The SMILES string of the molecule is COCCNCCOc1ccc(Cl)cc1. The standard InChI is InChI=1S/C11H16ClNO2/c1-14-8-6-13-7-9-15-11-4-2-10(12)3-5-11/h2-5,13H,6-9H2,1H3. The third-order valence-electron chi connectivity index (χ3n) is 1.84. The van der Waals surface area contributed by atoms with Crippen molar-refractivity contribution in [1.29, 1.82) is 0 Å². The van der Waals surface area contributed by atoms with E-state index in [1.54, 1.807) is 7.11 Å². The van der Waals surface area contributed by atoms with Gasteiger partial charge in [0.05, 0.1) is 6.61 Å². The zero-order valence-electron chi connectivity index (χ0n) is 8.83. The number of hydrogen-bond donors (Lipinski definition) is 1. The highest BCUT2D eigenvalue weighted by atomic mass is 35.5. The predicted octanol–water partition coefficient (Wildman–Crippen LogP) is 1.95. The van der Waals surface area contributed by atoms with Crippen LogP contribution in [0.15, 0.2) is 24.3 Å². The van der Waals surface area contributed by atoms with Crippen molar-refractivity contribution in [1.82, 2.24) is 5.32 Å². The molecule has 0 aromatic heterocycles.